The van der Waals surface area contributed by atoms with Crippen LogP contribution in [0.15, 0.2) is 60.7 Å². The summed E-state index contributed by atoms with van der Waals surface area (Å²) in [6.07, 6.45) is 2.44. The zero-order valence-electron chi connectivity index (χ0n) is 14.2. The molecule has 128 valence electrons. The molecule has 0 aliphatic carbocycles. The van der Waals surface area contributed by atoms with Crippen LogP contribution in [0.3, 0.4) is 0 Å². The molecule has 4 rings (SSSR count). The van der Waals surface area contributed by atoms with Crippen molar-refractivity contribution in [3.8, 4) is 0 Å². The van der Waals surface area contributed by atoms with E-state index in [1.165, 1.54) is 23.6 Å². The molecule has 3 aromatic carbocycles. The highest BCUT2D eigenvalue weighted by molar-refractivity contribution is 5.85. The number of nitrogens with one attached hydrogen (secondary N) is 2. The third-order valence-corrected chi connectivity index (χ3v) is 4.87. The van der Waals surface area contributed by atoms with Crippen LogP contribution in [-0.2, 0) is 6.54 Å². The molecule has 0 spiro atoms. The first kappa shape index (κ1) is 15.8. The van der Waals surface area contributed by atoms with Crippen molar-refractivity contribution < 1.29 is 5.21 Å². The van der Waals surface area contributed by atoms with Crippen molar-refractivity contribution in [2.45, 2.75) is 19.4 Å². The largest absolute Gasteiger partial charge is 0.381 e. The van der Waals surface area contributed by atoms with Gasteiger partial charge in [0.2, 0.25) is 0 Å². The minimum absolute atomic E-state index is 0.716. The monoisotopic (exact) mass is 333 g/mol. The fraction of sp³-hybridized carbons (Fsp3) is 0.238. The van der Waals surface area contributed by atoms with Crippen LogP contribution >= 0.6 is 0 Å². The topological polar surface area (TPSA) is 47.5 Å². The smallest absolute Gasteiger partial charge is 0.0838 e. The highest BCUT2D eigenvalue weighted by Gasteiger charge is 2.15. The fourth-order valence-electron chi connectivity index (χ4n) is 3.52. The van der Waals surface area contributed by atoms with Crippen molar-refractivity contribution in [2.24, 2.45) is 0 Å². The molecule has 1 saturated heterocycles. The second-order valence-corrected chi connectivity index (χ2v) is 6.57. The second kappa shape index (κ2) is 7.03. The summed E-state index contributed by atoms with van der Waals surface area (Å²) in [6, 6.07) is 21.0. The predicted octanol–water partition coefficient (Wildman–Crippen LogP) is 4.85. The molecule has 1 aliphatic heterocycles. The molecule has 0 aromatic heterocycles. The average molecular weight is 333 g/mol. The maximum Gasteiger partial charge on any atom is 0.0838 e. The molecule has 25 heavy (non-hydrogen) atoms. The Hall–Kier alpha value is -2.72. The molecule has 0 radical (unpaired) electrons. The molecule has 4 heteroatoms. The summed E-state index contributed by atoms with van der Waals surface area (Å²) in [5.41, 5.74) is 6.45. The van der Waals surface area contributed by atoms with E-state index in [-0.39, 0.29) is 0 Å². The van der Waals surface area contributed by atoms with E-state index in [4.69, 9.17) is 0 Å². The van der Waals surface area contributed by atoms with Gasteiger partial charge < -0.3 is 10.2 Å². The van der Waals surface area contributed by atoms with E-state index in [0.717, 1.165) is 35.7 Å². The zero-order valence-corrected chi connectivity index (χ0v) is 14.2. The molecular formula is C21H23N3O. The maximum absolute atomic E-state index is 9.51. The molecule has 3 N–H and O–H groups in total. The molecule has 0 amide bonds. The van der Waals surface area contributed by atoms with Crippen molar-refractivity contribution in [1.82, 2.24) is 0 Å². The Kier molecular flexibility index (Phi) is 4.44. The molecule has 0 unspecified atom stereocenters. The third kappa shape index (κ3) is 3.39. The van der Waals surface area contributed by atoms with Crippen LogP contribution in [0.5, 0.6) is 0 Å². The zero-order chi connectivity index (χ0) is 17.1. The number of benzene rings is 3. The van der Waals surface area contributed by atoms with Crippen molar-refractivity contribution >= 4 is 27.8 Å². The molecule has 4 nitrogen and oxygen atoms in total. The lowest BCUT2D eigenvalue weighted by Crippen LogP contribution is -2.19. The highest BCUT2D eigenvalue weighted by Crippen LogP contribution is 2.30. The average Bonchev–Trinajstić information content (AvgIpc) is 3.20. The Morgan fingerprint density at radius 2 is 1.68 bits per heavy atom. The van der Waals surface area contributed by atoms with Crippen molar-refractivity contribution in [1.29, 1.82) is 0 Å². The van der Waals surface area contributed by atoms with Gasteiger partial charge in [-0.25, -0.2) is 0 Å². The van der Waals surface area contributed by atoms with Gasteiger partial charge in [-0.3, -0.25) is 10.7 Å². The lowest BCUT2D eigenvalue weighted by atomic mass is 10.1. The van der Waals surface area contributed by atoms with Crippen LogP contribution in [0, 0.1) is 0 Å². The first-order valence-corrected chi connectivity index (χ1v) is 8.84. The molecule has 1 heterocycles. The van der Waals surface area contributed by atoms with Gasteiger partial charge in [-0.05, 0) is 53.4 Å². The fourth-order valence-corrected chi connectivity index (χ4v) is 3.52. The number of fused-ring (bicyclic) bond motifs is 1. The van der Waals surface area contributed by atoms with Crippen molar-refractivity contribution in [3.63, 3.8) is 0 Å². The maximum atomic E-state index is 9.51. The SMILES string of the molecule is ONc1cc(CNc2ccc3ccccc3c2)ccc1N1CCCC1. The summed E-state index contributed by atoms with van der Waals surface area (Å²) < 4.78 is 0. The summed E-state index contributed by atoms with van der Waals surface area (Å²) in [7, 11) is 0. The highest BCUT2D eigenvalue weighted by atomic mass is 16.5. The number of rotatable bonds is 5. The summed E-state index contributed by atoms with van der Waals surface area (Å²) in [5, 5.41) is 15.5. The van der Waals surface area contributed by atoms with Gasteiger partial charge in [0.15, 0.2) is 0 Å². The third-order valence-electron chi connectivity index (χ3n) is 4.87. The second-order valence-electron chi connectivity index (χ2n) is 6.57. The lowest BCUT2D eigenvalue weighted by molar-refractivity contribution is 0.389. The van der Waals surface area contributed by atoms with Crippen LogP contribution in [0.25, 0.3) is 10.8 Å². The van der Waals surface area contributed by atoms with E-state index in [9.17, 15) is 5.21 Å². The summed E-state index contributed by atoms with van der Waals surface area (Å²) in [5.74, 6) is 0. The molecule has 0 bridgehead atoms. The Bertz CT molecular complexity index is 872. The predicted molar refractivity (Wildman–Crippen MR) is 105 cm³/mol. The minimum Gasteiger partial charge on any atom is -0.381 e. The van der Waals surface area contributed by atoms with E-state index in [1.807, 2.05) is 6.07 Å². The van der Waals surface area contributed by atoms with Gasteiger partial charge in [-0.15, -0.1) is 0 Å². The van der Waals surface area contributed by atoms with Gasteiger partial charge in [0.05, 0.1) is 11.4 Å². The van der Waals surface area contributed by atoms with Gasteiger partial charge in [0.1, 0.15) is 0 Å². The lowest BCUT2D eigenvalue weighted by Gasteiger charge is -2.21. The van der Waals surface area contributed by atoms with Crippen molar-refractivity contribution in [3.05, 3.63) is 66.2 Å². The van der Waals surface area contributed by atoms with Crippen LogP contribution in [-0.4, -0.2) is 18.3 Å². The number of nitrogens with zero attached hydrogens (tertiary/aromatic N) is 1. The Labute approximate surface area is 148 Å². The van der Waals surface area contributed by atoms with E-state index in [0.29, 0.717) is 6.54 Å². The van der Waals surface area contributed by atoms with E-state index in [1.54, 1.807) is 0 Å². The molecule has 0 atom stereocenters. The Morgan fingerprint density at radius 1 is 0.880 bits per heavy atom. The molecule has 0 saturated carbocycles. The Balaban J connectivity index is 1.49. The first-order chi connectivity index (χ1) is 12.3. The van der Waals surface area contributed by atoms with Crippen molar-refractivity contribution in [2.75, 3.05) is 28.8 Å². The normalized spacial score (nSPS) is 14.0. The van der Waals surface area contributed by atoms with Crippen LogP contribution < -0.4 is 15.7 Å². The summed E-state index contributed by atoms with van der Waals surface area (Å²) >= 11 is 0. The van der Waals surface area contributed by atoms with Gasteiger partial charge in [0, 0.05) is 25.3 Å². The van der Waals surface area contributed by atoms with Crippen LogP contribution in [0.2, 0.25) is 0 Å². The molecule has 3 aromatic rings. The molecular weight excluding hydrogens is 310 g/mol. The number of hydrogen-bond acceptors (Lipinski definition) is 4. The van der Waals surface area contributed by atoms with E-state index < -0.39 is 0 Å². The van der Waals surface area contributed by atoms with E-state index in [2.05, 4.69) is 70.3 Å². The molecule has 1 fully saturated rings. The number of anilines is 3. The number of hydrogen-bond donors (Lipinski definition) is 3. The van der Waals surface area contributed by atoms with Gasteiger partial charge in [-0.1, -0.05) is 36.4 Å². The van der Waals surface area contributed by atoms with Crippen LogP contribution in [0.1, 0.15) is 18.4 Å². The first-order valence-electron chi connectivity index (χ1n) is 8.84. The molecule has 1 aliphatic rings. The quantitative estimate of drug-likeness (QED) is 0.584. The minimum atomic E-state index is 0.716. The summed E-state index contributed by atoms with van der Waals surface area (Å²) in [6.45, 7) is 2.83. The van der Waals surface area contributed by atoms with Crippen LogP contribution in [0.4, 0.5) is 17.1 Å². The van der Waals surface area contributed by atoms with Gasteiger partial charge in [-0.2, -0.15) is 0 Å². The summed E-state index contributed by atoms with van der Waals surface area (Å²) in [4.78, 5) is 2.32. The van der Waals surface area contributed by atoms with E-state index >= 15 is 0 Å². The Morgan fingerprint density at radius 3 is 2.48 bits per heavy atom. The standard InChI is InChI=1S/C21H23N3O/c25-23-20-13-16(7-10-21(20)24-11-3-4-12-24)15-22-19-9-8-17-5-1-2-6-18(17)14-19/h1-2,5-10,13-14,22-23,25H,3-4,11-12,15H2. The van der Waals surface area contributed by atoms with Gasteiger partial charge >= 0.3 is 0 Å². The van der Waals surface area contributed by atoms with Gasteiger partial charge in [0.25, 0.3) is 0 Å².